The van der Waals surface area contributed by atoms with Crippen molar-refractivity contribution in [3.63, 3.8) is 0 Å². The summed E-state index contributed by atoms with van der Waals surface area (Å²) in [6, 6.07) is 3.50. The zero-order valence-electron chi connectivity index (χ0n) is 9.59. The lowest BCUT2D eigenvalue weighted by molar-refractivity contribution is -0.141. The summed E-state index contributed by atoms with van der Waals surface area (Å²) in [5.41, 5.74) is 1.37. The van der Waals surface area contributed by atoms with Crippen LogP contribution in [0.3, 0.4) is 0 Å². The first kappa shape index (κ1) is 11.6. The number of hydrogen-bond donors (Lipinski definition) is 1. The Kier molecular flexibility index (Phi) is 3.08. The van der Waals surface area contributed by atoms with Crippen LogP contribution in [0.15, 0.2) is 18.3 Å². The van der Waals surface area contributed by atoms with Gasteiger partial charge in [-0.15, -0.1) is 0 Å². The molecule has 1 aliphatic heterocycles. The average Bonchev–Trinajstić information content (AvgIpc) is 2.78. The number of pyridine rings is 1. The molecular formula is C12H14N2O3. The van der Waals surface area contributed by atoms with E-state index in [1.165, 1.54) is 6.20 Å². The fourth-order valence-corrected chi connectivity index (χ4v) is 1.92. The van der Waals surface area contributed by atoms with Crippen molar-refractivity contribution < 1.29 is 14.7 Å². The summed E-state index contributed by atoms with van der Waals surface area (Å²) in [4.78, 5) is 28.5. The molecule has 0 aliphatic carbocycles. The van der Waals surface area contributed by atoms with E-state index in [1.807, 2.05) is 6.92 Å². The van der Waals surface area contributed by atoms with Crippen LogP contribution >= 0.6 is 0 Å². The van der Waals surface area contributed by atoms with Crippen LogP contribution in [0.25, 0.3) is 0 Å². The van der Waals surface area contributed by atoms with E-state index >= 15 is 0 Å². The molecule has 1 N–H and O–H groups in total. The van der Waals surface area contributed by atoms with E-state index in [0.717, 1.165) is 5.69 Å². The van der Waals surface area contributed by atoms with Crippen LogP contribution in [0, 0.1) is 12.8 Å². The van der Waals surface area contributed by atoms with Crippen LogP contribution in [0.4, 0.5) is 0 Å². The van der Waals surface area contributed by atoms with Gasteiger partial charge in [-0.25, -0.2) is 0 Å². The van der Waals surface area contributed by atoms with E-state index in [4.69, 9.17) is 5.11 Å². The second-order valence-corrected chi connectivity index (χ2v) is 4.26. The molecule has 90 valence electrons. The summed E-state index contributed by atoms with van der Waals surface area (Å²) in [5.74, 6) is -1.40. The van der Waals surface area contributed by atoms with Gasteiger partial charge in [-0.1, -0.05) is 0 Å². The zero-order valence-corrected chi connectivity index (χ0v) is 9.59. The summed E-state index contributed by atoms with van der Waals surface area (Å²) >= 11 is 0. The van der Waals surface area contributed by atoms with E-state index in [2.05, 4.69) is 4.98 Å². The number of nitrogens with zero attached hydrogens (tertiary/aromatic N) is 2. The second kappa shape index (κ2) is 4.53. The van der Waals surface area contributed by atoms with Gasteiger partial charge in [0.2, 0.25) is 0 Å². The lowest BCUT2D eigenvalue weighted by Crippen LogP contribution is -2.30. The van der Waals surface area contributed by atoms with Crippen LogP contribution in [-0.4, -0.2) is 40.0 Å². The van der Waals surface area contributed by atoms with Crippen molar-refractivity contribution in [2.24, 2.45) is 5.92 Å². The van der Waals surface area contributed by atoms with Crippen molar-refractivity contribution in [1.29, 1.82) is 0 Å². The molecule has 2 rings (SSSR count). The van der Waals surface area contributed by atoms with Crippen molar-refractivity contribution in [2.45, 2.75) is 13.3 Å². The fourth-order valence-electron chi connectivity index (χ4n) is 1.92. The quantitative estimate of drug-likeness (QED) is 0.826. The van der Waals surface area contributed by atoms with Gasteiger partial charge in [0.1, 0.15) is 0 Å². The molecule has 1 amide bonds. The van der Waals surface area contributed by atoms with Crippen LogP contribution in [0.5, 0.6) is 0 Å². The minimum absolute atomic E-state index is 0.138. The predicted molar refractivity (Wildman–Crippen MR) is 60.6 cm³/mol. The molecule has 0 unspecified atom stereocenters. The minimum atomic E-state index is -0.831. The number of aliphatic carboxylic acids is 1. The van der Waals surface area contributed by atoms with E-state index in [9.17, 15) is 9.59 Å². The summed E-state index contributed by atoms with van der Waals surface area (Å²) in [6.45, 7) is 2.65. The van der Waals surface area contributed by atoms with Gasteiger partial charge in [-0.05, 0) is 25.5 Å². The molecule has 0 spiro atoms. The Labute approximate surface area is 99.1 Å². The Morgan fingerprint density at radius 2 is 2.24 bits per heavy atom. The predicted octanol–water partition coefficient (Wildman–Crippen LogP) is 0.937. The maximum Gasteiger partial charge on any atom is 0.308 e. The number of likely N-dealkylation sites (tertiary alicyclic amines) is 1. The van der Waals surface area contributed by atoms with Crippen LogP contribution in [0.1, 0.15) is 22.5 Å². The molecule has 1 aliphatic rings. The number of hydrogen-bond acceptors (Lipinski definition) is 3. The molecular weight excluding hydrogens is 220 g/mol. The number of aromatic nitrogens is 1. The highest BCUT2D eigenvalue weighted by atomic mass is 16.4. The summed E-state index contributed by atoms with van der Waals surface area (Å²) in [7, 11) is 0. The molecule has 0 bridgehead atoms. The van der Waals surface area contributed by atoms with Crippen LogP contribution in [-0.2, 0) is 4.79 Å². The first-order valence-corrected chi connectivity index (χ1v) is 5.52. The summed E-state index contributed by atoms with van der Waals surface area (Å²) in [5, 5.41) is 8.87. The number of rotatable bonds is 2. The third kappa shape index (κ3) is 2.43. The van der Waals surface area contributed by atoms with Crippen molar-refractivity contribution >= 4 is 11.9 Å². The fraction of sp³-hybridized carbons (Fsp3) is 0.417. The molecule has 0 saturated carbocycles. The first-order valence-electron chi connectivity index (χ1n) is 5.52. The molecule has 1 fully saturated rings. The molecule has 17 heavy (non-hydrogen) atoms. The molecule has 1 aromatic heterocycles. The van der Waals surface area contributed by atoms with E-state index in [-0.39, 0.29) is 5.91 Å². The average molecular weight is 234 g/mol. The Bertz CT molecular complexity index is 442. The molecule has 1 aromatic rings. The van der Waals surface area contributed by atoms with Gasteiger partial charge in [0.25, 0.3) is 5.91 Å². The minimum Gasteiger partial charge on any atom is -0.481 e. The highest BCUT2D eigenvalue weighted by Gasteiger charge is 2.31. The van der Waals surface area contributed by atoms with Gasteiger partial charge in [0, 0.05) is 25.0 Å². The first-order chi connectivity index (χ1) is 8.08. The monoisotopic (exact) mass is 234 g/mol. The van der Waals surface area contributed by atoms with E-state index in [0.29, 0.717) is 25.1 Å². The molecule has 0 aromatic carbocycles. The van der Waals surface area contributed by atoms with Crippen molar-refractivity contribution in [3.05, 3.63) is 29.6 Å². The van der Waals surface area contributed by atoms with Gasteiger partial charge >= 0.3 is 5.97 Å². The topological polar surface area (TPSA) is 70.5 Å². The van der Waals surface area contributed by atoms with Gasteiger partial charge in [0.05, 0.1) is 11.5 Å². The van der Waals surface area contributed by atoms with Crippen molar-refractivity contribution in [3.8, 4) is 0 Å². The number of amides is 1. The SMILES string of the molecule is Cc1ccc(C(=O)N2CC[C@H](C(=O)O)C2)cn1. The molecule has 5 nitrogen and oxygen atoms in total. The molecule has 0 radical (unpaired) electrons. The lowest BCUT2D eigenvalue weighted by atomic mass is 10.1. The maximum absolute atomic E-state index is 12.0. The highest BCUT2D eigenvalue weighted by Crippen LogP contribution is 2.18. The zero-order chi connectivity index (χ0) is 12.4. The Morgan fingerprint density at radius 1 is 1.47 bits per heavy atom. The highest BCUT2D eigenvalue weighted by molar-refractivity contribution is 5.94. The number of carboxylic acids is 1. The third-order valence-electron chi connectivity index (χ3n) is 2.98. The Morgan fingerprint density at radius 3 is 2.76 bits per heavy atom. The number of carboxylic acid groups (broad SMARTS) is 1. The summed E-state index contributed by atoms with van der Waals surface area (Å²) < 4.78 is 0. The Hall–Kier alpha value is -1.91. The van der Waals surface area contributed by atoms with Gasteiger partial charge in [-0.2, -0.15) is 0 Å². The van der Waals surface area contributed by atoms with Gasteiger partial charge < -0.3 is 10.0 Å². The lowest BCUT2D eigenvalue weighted by Gasteiger charge is -2.15. The molecule has 2 heterocycles. The van der Waals surface area contributed by atoms with Crippen LogP contribution < -0.4 is 0 Å². The van der Waals surface area contributed by atoms with E-state index in [1.54, 1.807) is 17.0 Å². The summed E-state index contributed by atoms with van der Waals surface area (Å²) in [6.07, 6.45) is 2.06. The third-order valence-corrected chi connectivity index (χ3v) is 2.98. The molecule has 1 saturated heterocycles. The number of carbonyl (C=O) groups excluding carboxylic acids is 1. The van der Waals surface area contributed by atoms with Crippen LogP contribution in [0.2, 0.25) is 0 Å². The maximum atomic E-state index is 12.0. The standard InChI is InChI=1S/C12H14N2O3/c1-8-2-3-9(6-13-8)11(15)14-5-4-10(7-14)12(16)17/h2-3,6,10H,4-5,7H2,1H3,(H,16,17)/t10-/m0/s1. The smallest absolute Gasteiger partial charge is 0.308 e. The Balaban J connectivity index is 2.07. The number of carbonyl (C=O) groups is 2. The van der Waals surface area contributed by atoms with Crippen molar-refractivity contribution in [1.82, 2.24) is 9.88 Å². The van der Waals surface area contributed by atoms with Gasteiger partial charge in [-0.3, -0.25) is 14.6 Å². The van der Waals surface area contributed by atoms with Crippen molar-refractivity contribution in [2.75, 3.05) is 13.1 Å². The second-order valence-electron chi connectivity index (χ2n) is 4.26. The van der Waals surface area contributed by atoms with Gasteiger partial charge in [0.15, 0.2) is 0 Å². The molecule has 1 atom stereocenters. The number of aryl methyl sites for hydroxylation is 1. The normalized spacial score (nSPS) is 19.4. The van der Waals surface area contributed by atoms with E-state index < -0.39 is 11.9 Å². The largest absolute Gasteiger partial charge is 0.481 e. The molecule has 5 heteroatoms.